The standard InChI is InChI=1S/C16H29BrN4/c1-5-14-16(17)15(21(6-2)19-14)10-18-9-13-7-8-20(11-13)12(3)4/h12-13,18H,5-11H2,1-4H3. The van der Waals surface area contributed by atoms with Gasteiger partial charge in [0.05, 0.1) is 15.9 Å². The highest BCUT2D eigenvalue weighted by Crippen LogP contribution is 2.23. The number of hydrogen-bond donors (Lipinski definition) is 1. The molecule has 2 heterocycles. The van der Waals surface area contributed by atoms with E-state index in [1.54, 1.807) is 0 Å². The molecule has 1 aromatic rings. The molecule has 1 aliphatic rings. The molecule has 2 rings (SSSR count). The number of aromatic nitrogens is 2. The van der Waals surface area contributed by atoms with Gasteiger partial charge in [0, 0.05) is 25.7 Å². The van der Waals surface area contributed by atoms with Crippen LogP contribution in [0.1, 0.15) is 45.5 Å². The first kappa shape index (κ1) is 17.0. The van der Waals surface area contributed by atoms with Gasteiger partial charge < -0.3 is 10.2 Å². The molecule has 1 aromatic heterocycles. The Kier molecular flexibility index (Phi) is 6.26. The summed E-state index contributed by atoms with van der Waals surface area (Å²) < 4.78 is 3.31. The van der Waals surface area contributed by atoms with Crippen LogP contribution >= 0.6 is 15.9 Å². The monoisotopic (exact) mass is 356 g/mol. The quantitative estimate of drug-likeness (QED) is 0.814. The van der Waals surface area contributed by atoms with E-state index in [0.717, 1.165) is 32.0 Å². The summed E-state index contributed by atoms with van der Waals surface area (Å²) in [5.41, 5.74) is 2.45. The van der Waals surface area contributed by atoms with Gasteiger partial charge in [0.15, 0.2) is 0 Å². The molecule has 0 aliphatic carbocycles. The number of hydrogen-bond acceptors (Lipinski definition) is 3. The second kappa shape index (κ2) is 7.75. The molecule has 0 amide bonds. The highest BCUT2D eigenvalue weighted by Gasteiger charge is 2.24. The summed E-state index contributed by atoms with van der Waals surface area (Å²) in [6, 6.07) is 0.679. The van der Waals surface area contributed by atoms with Gasteiger partial charge in [0.1, 0.15) is 0 Å². The minimum atomic E-state index is 0.679. The highest BCUT2D eigenvalue weighted by atomic mass is 79.9. The maximum atomic E-state index is 4.65. The molecule has 0 bridgehead atoms. The first-order chi connectivity index (χ1) is 10.1. The van der Waals surface area contributed by atoms with Gasteiger partial charge in [-0.05, 0) is 68.6 Å². The van der Waals surface area contributed by atoms with E-state index in [1.165, 1.54) is 35.4 Å². The summed E-state index contributed by atoms with van der Waals surface area (Å²) in [6.07, 6.45) is 2.30. The fourth-order valence-corrected chi connectivity index (χ4v) is 3.78. The third kappa shape index (κ3) is 4.08. The van der Waals surface area contributed by atoms with E-state index in [-0.39, 0.29) is 0 Å². The Bertz CT molecular complexity index is 455. The molecule has 1 atom stereocenters. The van der Waals surface area contributed by atoms with Crippen molar-refractivity contribution >= 4 is 15.9 Å². The van der Waals surface area contributed by atoms with Crippen LogP contribution in [0.2, 0.25) is 0 Å². The van der Waals surface area contributed by atoms with Gasteiger partial charge in [0.2, 0.25) is 0 Å². The van der Waals surface area contributed by atoms with E-state index in [9.17, 15) is 0 Å². The van der Waals surface area contributed by atoms with Crippen LogP contribution in [0.15, 0.2) is 4.47 Å². The number of rotatable bonds is 7. The average molecular weight is 357 g/mol. The molecule has 1 aliphatic heterocycles. The lowest BCUT2D eigenvalue weighted by molar-refractivity contribution is 0.264. The minimum Gasteiger partial charge on any atom is -0.311 e. The van der Waals surface area contributed by atoms with Crippen LogP contribution in [0.3, 0.4) is 0 Å². The number of nitrogens with one attached hydrogen (secondary N) is 1. The molecule has 1 saturated heterocycles. The van der Waals surface area contributed by atoms with E-state index in [2.05, 4.69) is 63.6 Å². The predicted molar refractivity (Wildman–Crippen MR) is 91.5 cm³/mol. The largest absolute Gasteiger partial charge is 0.311 e. The zero-order valence-electron chi connectivity index (χ0n) is 13.8. The maximum Gasteiger partial charge on any atom is 0.0767 e. The van der Waals surface area contributed by atoms with Crippen LogP contribution in [0, 0.1) is 5.92 Å². The molecule has 0 saturated carbocycles. The van der Waals surface area contributed by atoms with Crippen LogP contribution in [0.5, 0.6) is 0 Å². The third-order valence-corrected chi connectivity index (χ3v) is 5.38. The van der Waals surface area contributed by atoms with Crippen molar-refractivity contribution in [2.24, 2.45) is 5.92 Å². The normalized spacial score (nSPS) is 19.8. The molecule has 0 spiro atoms. The van der Waals surface area contributed by atoms with Gasteiger partial charge in [-0.1, -0.05) is 6.92 Å². The van der Waals surface area contributed by atoms with Crippen molar-refractivity contribution < 1.29 is 0 Å². The Morgan fingerprint density at radius 2 is 2.14 bits per heavy atom. The van der Waals surface area contributed by atoms with Crippen molar-refractivity contribution in [1.29, 1.82) is 0 Å². The Morgan fingerprint density at radius 1 is 1.38 bits per heavy atom. The average Bonchev–Trinajstić information content (AvgIpc) is 3.05. The topological polar surface area (TPSA) is 33.1 Å². The molecule has 4 nitrogen and oxygen atoms in total. The number of halogens is 1. The molecule has 120 valence electrons. The molecular weight excluding hydrogens is 328 g/mol. The number of nitrogens with zero attached hydrogens (tertiary/aromatic N) is 3. The van der Waals surface area contributed by atoms with Gasteiger partial charge in [-0.2, -0.15) is 5.10 Å². The zero-order valence-corrected chi connectivity index (χ0v) is 15.4. The van der Waals surface area contributed by atoms with E-state index >= 15 is 0 Å². The summed E-state index contributed by atoms with van der Waals surface area (Å²) in [5.74, 6) is 0.787. The van der Waals surface area contributed by atoms with Crippen LogP contribution in [0.25, 0.3) is 0 Å². The fourth-order valence-electron chi connectivity index (χ4n) is 3.08. The lowest BCUT2D eigenvalue weighted by Gasteiger charge is -2.20. The number of likely N-dealkylation sites (tertiary alicyclic amines) is 1. The lowest BCUT2D eigenvalue weighted by atomic mass is 10.1. The Hall–Kier alpha value is -0.390. The summed E-state index contributed by atoms with van der Waals surface area (Å²) in [7, 11) is 0. The van der Waals surface area contributed by atoms with Gasteiger partial charge in [0.25, 0.3) is 0 Å². The van der Waals surface area contributed by atoms with Crippen molar-refractivity contribution in [3.05, 3.63) is 15.9 Å². The summed E-state index contributed by atoms with van der Waals surface area (Å²) in [5, 5.41) is 8.29. The maximum absolute atomic E-state index is 4.65. The fraction of sp³-hybridized carbons (Fsp3) is 0.812. The van der Waals surface area contributed by atoms with Crippen molar-refractivity contribution in [2.45, 2.75) is 59.7 Å². The first-order valence-electron chi connectivity index (χ1n) is 8.25. The minimum absolute atomic E-state index is 0.679. The summed E-state index contributed by atoms with van der Waals surface area (Å²) in [6.45, 7) is 14.3. The molecule has 5 heteroatoms. The van der Waals surface area contributed by atoms with Crippen molar-refractivity contribution in [1.82, 2.24) is 20.0 Å². The lowest BCUT2D eigenvalue weighted by Crippen LogP contribution is -2.30. The molecule has 1 fully saturated rings. The van der Waals surface area contributed by atoms with Crippen molar-refractivity contribution in [3.8, 4) is 0 Å². The zero-order chi connectivity index (χ0) is 15.4. The molecule has 0 aromatic carbocycles. The SMILES string of the molecule is CCc1nn(CC)c(CNCC2CCN(C(C)C)C2)c1Br. The molecular formula is C16H29BrN4. The second-order valence-electron chi connectivity index (χ2n) is 6.25. The van der Waals surface area contributed by atoms with E-state index < -0.39 is 0 Å². The van der Waals surface area contributed by atoms with E-state index in [0.29, 0.717) is 6.04 Å². The Morgan fingerprint density at radius 3 is 2.71 bits per heavy atom. The van der Waals surface area contributed by atoms with Gasteiger partial charge in [-0.15, -0.1) is 0 Å². The van der Waals surface area contributed by atoms with Gasteiger partial charge >= 0.3 is 0 Å². The van der Waals surface area contributed by atoms with Crippen LogP contribution < -0.4 is 5.32 Å². The van der Waals surface area contributed by atoms with E-state index in [4.69, 9.17) is 0 Å². The van der Waals surface area contributed by atoms with E-state index in [1.807, 2.05) is 0 Å². The van der Waals surface area contributed by atoms with Crippen molar-refractivity contribution in [3.63, 3.8) is 0 Å². The van der Waals surface area contributed by atoms with Crippen molar-refractivity contribution in [2.75, 3.05) is 19.6 Å². The smallest absolute Gasteiger partial charge is 0.0767 e. The van der Waals surface area contributed by atoms with Crippen LogP contribution in [-0.2, 0) is 19.5 Å². The predicted octanol–water partition coefficient (Wildman–Crippen LogP) is 3.05. The first-order valence-corrected chi connectivity index (χ1v) is 9.04. The number of aryl methyl sites for hydroxylation is 2. The van der Waals surface area contributed by atoms with Gasteiger partial charge in [-0.3, -0.25) is 4.68 Å². The molecule has 0 radical (unpaired) electrons. The summed E-state index contributed by atoms with van der Waals surface area (Å²) in [4.78, 5) is 2.58. The molecule has 1 unspecified atom stereocenters. The highest BCUT2D eigenvalue weighted by molar-refractivity contribution is 9.10. The van der Waals surface area contributed by atoms with Crippen LogP contribution in [-0.4, -0.2) is 40.4 Å². The molecule has 1 N–H and O–H groups in total. The Balaban J connectivity index is 1.85. The van der Waals surface area contributed by atoms with Gasteiger partial charge in [-0.25, -0.2) is 0 Å². The Labute approximate surface area is 137 Å². The van der Waals surface area contributed by atoms with Crippen LogP contribution in [0.4, 0.5) is 0 Å². The third-order valence-electron chi connectivity index (χ3n) is 4.47. The second-order valence-corrected chi connectivity index (χ2v) is 7.04. The summed E-state index contributed by atoms with van der Waals surface area (Å²) >= 11 is 3.71. The molecule has 21 heavy (non-hydrogen) atoms.